The Morgan fingerprint density at radius 2 is 1.96 bits per heavy atom. The van der Waals surface area contributed by atoms with Gasteiger partial charge in [-0.05, 0) is 31.0 Å². The van der Waals surface area contributed by atoms with Gasteiger partial charge in [-0.3, -0.25) is 4.40 Å². The number of carboxylic acids is 1. The van der Waals surface area contributed by atoms with E-state index in [1.54, 1.807) is 12.1 Å². The Balaban J connectivity index is 2.31. The molecule has 23 heavy (non-hydrogen) atoms. The largest absolute Gasteiger partial charge is 0.477 e. The molecule has 0 radical (unpaired) electrons. The Morgan fingerprint density at radius 1 is 1.26 bits per heavy atom. The van der Waals surface area contributed by atoms with Crippen LogP contribution in [0.5, 0.6) is 0 Å². The Hall–Kier alpha value is -1.56. The van der Waals surface area contributed by atoms with E-state index in [2.05, 4.69) is 4.98 Å². The third-order valence-electron chi connectivity index (χ3n) is 3.72. The van der Waals surface area contributed by atoms with Crippen LogP contribution in [0.25, 0.3) is 16.2 Å². The number of fused-ring (bicyclic) bond motifs is 1. The first-order chi connectivity index (χ1) is 11.0. The van der Waals surface area contributed by atoms with Crippen molar-refractivity contribution in [1.82, 2.24) is 9.38 Å². The first kappa shape index (κ1) is 16.3. The fourth-order valence-corrected chi connectivity index (χ4v) is 4.31. The standard InChI is InChI=1S/C16H14Cl2N2O2S/c1-3-11-13(9-6-5-8(17)7-10(9)18)19-16-20(11)12(4-2)14(23-16)15(21)22/h5-7H,3-4H2,1-2H3,(H,21,22). The molecule has 7 heteroatoms. The van der Waals surface area contributed by atoms with Crippen molar-refractivity contribution < 1.29 is 9.90 Å². The molecule has 0 amide bonds. The predicted octanol–water partition coefficient (Wildman–Crippen LogP) is 5.19. The summed E-state index contributed by atoms with van der Waals surface area (Å²) in [6, 6.07) is 5.31. The molecule has 0 saturated heterocycles. The normalized spacial score (nSPS) is 11.3. The lowest BCUT2D eigenvalue weighted by atomic mass is 10.1. The van der Waals surface area contributed by atoms with Gasteiger partial charge in [-0.2, -0.15) is 0 Å². The zero-order valence-corrected chi connectivity index (χ0v) is 14.9. The summed E-state index contributed by atoms with van der Waals surface area (Å²) >= 11 is 13.5. The van der Waals surface area contributed by atoms with E-state index in [0.29, 0.717) is 26.3 Å². The van der Waals surface area contributed by atoms with E-state index in [4.69, 9.17) is 23.2 Å². The molecule has 120 valence electrons. The van der Waals surface area contributed by atoms with Crippen LogP contribution < -0.4 is 0 Å². The molecule has 3 rings (SSSR count). The van der Waals surface area contributed by atoms with E-state index in [1.807, 2.05) is 24.3 Å². The van der Waals surface area contributed by atoms with Crippen molar-refractivity contribution in [3.8, 4) is 11.3 Å². The number of hydrogen-bond acceptors (Lipinski definition) is 3. The van der Waals surface area contributed by atoms with Crippen LogP contribution in [0.15, 0.2) is 18.2 Å². The number of rotatable bonds is 4. The van der Waals surface area contributed by atoms with Gasteiger partial charge in [0.1, 0.15) is 4.88 Å². The first-order valence-corrected chi connectivity index (χ1v) is 8.76. The highest BCUT2D eigenvalue weighted by molar-refractivity contribution is 7.19. The van der Waals surface area contributed by atoms with Crippen LogP contribution in [0.3, 0.4) is 0 Å². The van der Waals surface area contributed by atoms with Crippen molar-refractivity contribution in [2.45, 2.75) is 26.7 Å². The summed E-state index contributed by atoms with van der Waals surface area (Å²) in [6.07, 6.45) is 1.34. The van der Waals surface area contributed by atoms with Gasteiger partial charge in [0.05, 0.1) is 16.4 Å². The van der Waals surface area contributed by atoms with Gasteiger partial charge in [0.2, 0.25) is 0 Å². The quantitative estimate of drug-likeness (QED) is 0.688. The van der Waals surface area contributed by atoms with E-state index < -0.39 is 5.97 Å². The Labute approximate surface area is 147 Å². The number of benzene rings is 1. The van der Waals surface area contributed by atoms with Gasteiger partial charge in [-0.15, -0.1) is 0 Å². The summed E-state index contributed by atoms with van der Waals surface area (Å²) in [5.74, 6) is -0.912. The second kappa shape index (κ2) is 6.15. The van der Waals surface area contributed by atoms with Crippen molar-refractivity contribution in [2.75, 3.05) is 0 Å². The molecule has 3 aromatic rings. The summed E-state index contributed by atoms with van der Waals surface area (Å²) < 4.78 is 1.95. The molecule has 0 bridgehead atoms. The van der Waals surface area contributed by atoms with Gasteiger partial charge in [-0.1, -0.05) is 48.4 Å². The molecule has 2 heterocycles. The molecule has 1 N–H and O–H groups in total. The van der Waals surface area contributed by atoms with Crippen molar-refractivity contribution in [1.29, 1.82) is 0 Å². The maximum atomic E-state index is 11.4. The summed E-state index contributed by atoms with van der Waals surface area (Å²) in [5, 5.41) is 10.5. The minimum absolute atomic E-state index is 0.346. The molecule has 0 spiro atoms. The predicted molar refractivity (Wildman–Crippen MR) is 94.2 cm³/mol. The minimum atomic E-state index is -0.912. The molecule has 0 fully saturated rings. The fourth-order valence-electron chi connectivity index (χ4n) is 2.74. The van der Waals surface area contributed by atoms with E-state index in [9.17, 15) is 9.90 Å². The van der Waals surface area contributed by atoms with Gasteiger partial charge in [0.15, 0.2) is 4.96 Å². The van der Waals surface area contributed by atoms with E-state index in [1.165, 1.54) is 11.3 Å². The summed E-state index contributed by atoms with van der Waals surface area (Å²) in [7, 11) is 0. The molecule has 0 aliphatic rings. The van der Waals surface area contributed by atoms with Crippen molar-refractivity contribution in [2.24, 2.45) is 0 Å². The minimum Gasteiger partial charge on any atom is -0.477 e. The monoisotopic (exact) mass is 368 g/mol. The maximum absolute atomic E-state index is 11.4. The van der Waals surface area contributed by atoms with Gasteiger partial charge >= 0.3 is 5.97 Å². The zero-order chi connectivity index (χ0) is 16.7. The van der Waals surface area contributed by atoms with Crippen LogP contribution in [0.2, 0.25) is 10.0 Å². The molecular formula is C16H14Cl2N2O2S. The van der Waals surface area contributed by atoms with Crippen molar-refractivity contribution in [3.63, 3.8) is 0 Å². The number of carbonyl (C=O) groups is 1. The third kappa shape index (κ3) is 2.63. The second-order valence-corrected chi connectivity index (χ2v) is 6.86. The number of imidazole rings is 1. The van der Waals surface area contributed by atoms with Crippen LogP contribution >= 0.6 is 34.5 Å². The van der Waals surface area contributed by atoms with Gasteiger partial charge < -0.3 is 5.11 Å². The highest BCUT2D eigenvalue weighted by Crippen LogP contribution is 2.36. The number of aromatic nitrogens is 2. The molecule has 2 aromatic heterocycles. The van der Waals surface area contributed by atoms with Gasteiger partial charge in [0.25, 0.3) is 0 Å². The van der Waals surface area contributed by atoms with Crippen molar-refractivity contribution in [3.05, 3.63) is 44.5 Å². The molecule has 1 aromatic carbocycles. The first-order valence-electron chi connectivity index (χ1n) is 7.19. The number of hydrogen-bond donors (Lipinski definition) is 1. The highest BCUT2D eigenvalue weighted by atomic mass is 35.5. The molecule has 0 aliphatic carbocycles. The fraction of sp³-hybridized carbons (Fsp3) is 0.250. The van der Waals surface area contributed by atoms with E-state index in [-0.39, 0.29) is 0 Å². The average Bonchev–Trinajstić information content (AvgIpc) is 3.02. The van der Waals surface area contributed by atoms with Crippen LogP contribution in [-0.4, -0.2) is 20.5 Å². The summed E-state index contributed by atoms with van der Waals surface area (Å²) in [5.41, 5.74) is 3.33. The second-order valence-electron chi connectivity index (χ2n) is 5.04. The molecule has 0 saturated carbocycles. The Morgan fingerprint density at radius 3 is 2.52 bits per heavy atom. The molecular weight excluding hydrogens is 355 g/mol. The number of nitrogens with zero attached hydrogens (tertiary/aromatic N) is 2. The highest BCUT2D eigenvalue weighted by Gasteiger charge is 2.23. The van der Waals surface area contributed by atoms with Crippen molar-refractivity contribution >= 4 is 45.5 Å². The van der Waals surface area contributed by atoms with E-state index >= 15 is 0 Å². The Bertz CT molecular complexity index is 915. The zero-order valence-electron chi connectivity index (χ0n) is 12.6. The summed E-state index contributed by atoms with van der Waals surface area (Å²) in [6.45, 7) is 3.97. The topological polar surface area (TPSA) is 54.6 Å². The lowest BCUT2D eigenvalue weighted by Gasteiger charge is -2.07. The van der Waals surface area contributed by atoms with Crippen LogP contribution in [0, 0.1) is 0 Å². The van der Waals surface area contributed by atoms with Gasteiger partial charge in [-0.25, -0.2) is 9.78 Å². The smallest absolute Gasteiger partial charge is 0.347 e. The number of aryl methyl sites for hydroxylation is 2. The van der Waals surface area contributed by atoms with Crippen LogP contribution in [-0.2, 0) is 12.8 Å². The van der Waals surface area contributed by atoms with E-state index in [0.717, 1.165) is 29.1 Å². The lowest BCUT2D eigenvalue weighted by molar-refractivity contribution is 0.0700. The number of carboxylic acid groups (broad SMARTS) is 1. The maximum Gasteiger partial charge on any atom is 0.347 e. The van der Waals surface area contributed by atoms with Gasteiger partial charge in [0, 0.05) is 16.3 Å². The SMILES string of the molecule is CCc1c(-c2ccc(Cl)cc2Cl)nc2sc(C(=O)O)c(CC)n12. The number of aromatic carboxylic acids is 1. The molecule has 4 nitrogen and oxygen atoms in total. The number of thiazole rings is 1. The summed E-state index contributed by atoms with van der Waals surface area (Å²) in [4.78, 5) is 17.1. The van der Waals surface area contributed by atoms with Crippen LogP contribution in [0.1, 0.15) is 34.9 Å². The Kier molecular flexibility index (Phi) is 4.36. The third-order valence-corrected chi connectivity index (χ3v) is 5.34. The average molecular weight is 369 g/mol. The molecule has 0 atom stereocenters. The molecule has 0 aliphatic heterocycles. The van der Waals surface area contributed by atoms with Crippen LogP contribution in [0.4, 0.5) is 0 Å². The number of halogens is 2. The lowest BCUT2D eigenvalue weighted by Crippen LogP contribution is -2.03. The molecule has 0 unspecified atom stereocenters.